The van der Waals surface area contributed by atoms with Gasteiger partial charge in [0, 0.05) is 19.3 Å². The van der Waals surface area contributed by atoms with Crippen LogP contribution in [-0.4, -0.2) is 36.7 Å². The standard InChI is InChI=1S/C19H22N6O2S/c1-14-5-6-17(12-15(14)2)28(26,27)22-11-10-21-18-7-8-19(25-24-18)23-16-4-3-9-20-13-16/h3-9,12-13,22H,10-11H2,1-2H3,(H,21,24)(H,23,25). The second kappa shape index (κ2) is 8.77. The minimum Gasteiger partial charge on any atom is -0.367 e. The molecule has 0 spiro atoms. The zero-order valence-corrected chi connectivity index (χ0v) is 16.5. The molecule has 2 aromatic heterocycles. The minimum atomic E-state index is -3.54. The van der Waals surface area contributed by atoms with Crippen LogP contribution in [0.1, 0.15) is 11.1 Å². The van der Waals surface area contributed by atoms with Crippen LogP contribution in [0.4, 0.5) is 17.3 Å². The van der Waals surface area contributed by atoms with Gasteiger partial charge in [-0.15, -0.1) is 10.2 Å². The van der Waals surface area contributed by atoms with Gasteiger partial charge in [-0.1, -0.05) is 6.07 Å². The number of hydrogen-bond donors (Lipinski definition) is 3. The van der Waals surface area contributed by atoms with Crippen LogP contribution in [0.25, 0.3) is 0 Å². The molecule has 0 amide bonds. The maximum absolute atomic E-state index is 12.3. The van der Waals surface area contributed by atoms with Gasteiger partial charge >= 0.3 is 0 Å². The summed E-state index contributed by atoms with van der Waals surface area (Å²) in [6, 6.07) is 12.3. The van der Waals surface area contributed by atoms with Gasteiger partial charge in [0.1, 0.15) is 5.82 Å². The Labute approximate surface area is 164 Å². The fraction of sp³-hybridized carbons (Fsp3) is 0.211. The molecule has 3 N–H and O–H groups in total. The number of aryl methyl sites for hydroxylation is 2. The van der Waals surface area contributed by atoms with Crippen LogP contribution >= 0.6 is 0 Å². The molecular weight excluding hydrogens is 376 g/mol. The Balaban J connectivity index is 1.49. The van der Waals surface area contributed by atoms with Gasteiger partial charge in [0.05, 0.1) is 16.8 Å². The third kappa shape index (κ3) is 5.24. The van der Waals surface area contributed by atoms with E-state index in [-0.39, 0.29) is 11.4 Å². The van der Waals surface area contributed by atoms with Crippen LogP contribution in [0.3, 0.4) is 0 Å². The smallest absolute Gasteiger partial charge is 0.240 e. The number of anilines is 3. The molecule has 0 aliphatic rings. The van der Waals surface area contributed by atoms with Crippen molar-refractivity contribution < 1.29 is 8.42 Å². The molecule has 8 nitrogen and oxygen atoms in total. The molecule has 0 saturated heterocycles. The number of nitrogens with one attached hydrogen (secondary N) is 3. The van der Waals surface area contributed by atoms with Crippen LogP contribution in [0.15, 0.2) is 59.8 Å². The van der Waals surface area contributed by atoms with Gasteiger partial charge in [-0.2, -0.15) is 0 Å². The molecule has 1 aromatic carbocycles. The first-order valence-electron chi connectivity index (χ1n) is 8.76. The van der Waals surface area contributed by atoms with E-state index in [0.29, 0.717) is 18.2 Å². The van der Waals surface area contributed by atoms with E-state index < -0.39 is 10.0 Å². The zero-order valence-electron chi connectivity index (χ0n) is 15.7. The summed E-state index contributed by atoms with van der Waals surface area (Å²) in [5.74, 6) is 1.15. The summed E-state index contributed by atoms with van der Waals surface area (Å²) in [6.07, 6.45) is 3.38. The lowest BCUT2D eigenvalue weighted by Gasteiger charge is -2.10. The molecule has 0 fully saturated rings. The highest BCUT2D eigenvalue weighted by atomic mass is 32.2. The maximum atomic E-state index is 12.3. The molecule has 3 aromatic rings. The number of aromatic nitrogens is 3. The Morgan fingerprint density at radius 2 is 1.71 bits per heavy atom. The lowest BCUT2D eigenvalue weighted by Crippen LogP contribution is -2.29. The van der Waals surface area contributed by atoms with E-state index in [1.165, 1.54) is 0 Å². The lowest BCUT2D eigenvalue weighted by atomic mass is 10.1. The predicted octanol–water partition coefficient (Wildman–Crippen LogP) is 2.62. The molecular formula is C19H22N6O2S. The minimum absolute atomic E-state index is 0.229. The third-order valence-electron chi connectivity index (χ3n) is 4.11. The SMILES string of the molecule is Cc1ccc(S(=O)(=O)NCCNc2ccc(Nc3cccnc3)nn2)cc1C. The highest BCUT2D eigenvalue weighted by molar-refractivity contribution is 7.89. The molecule has 28 heavy (non-hydrogen) atoms. The van der Waals surface area contributed by atoms with Gasteiger partial charge in [-0.3, -0.25) is 4.98 Å². The summed E-state index contributed by atoms with van der Waals surface area (Å²) < 4.78 is 27.3. The monoisotopic (exact) mass is 398 g/mol. The Morgan fingerprint density at radius 3 is 2.39 bits per heavy atom. The summed E-state index contributed by atoms with van der Waals surface area (Å²) in [5, 5.41) is 14.3. The van der Waals surface area contributed by atoms with Crippen LogP contribution in [0.5, 0.6) is 0 Å². The van der Waals surface area contributed by atoms with Gasteiger partial charge in [0.25, 0.3) is 0 Å². The van der Waals surface area contributed by atoms with E-state index >= 15 is 0 Å². The quantitative estimate of drug-likeness (QED) is 0.501. The first-order valence-corrected chi connectivity index (χ1v) is 10.2. The summed E-state index contributed by atoms with van der Waals surface area (Å²) >= 11 is 0. The van der Waals surface area contributed by atoms with Crippen molar-refractivity contribution in [1.82, 2.24) is 19.9 Å². The van der Waals surface area contributed by atoms with Gasteiger partial charge in [-0.05, 0) is 61.4 Å². The molecule has 3 rings (SSSR count). The van der Waals surface area contributed by atoms with E-state index in [9.17, 15) is 8.42 Å². The second-order valence-corrected chi connectivity index (χ2v) is 8.01. The van der Waals surface area contributed by atoms with Gasteiger partial charge in [0.2, 0.25) is 10.0 Å². The van der Waals surface area contributed by atoms with Crippen molar-refractivity contribution in [1.29, 1.82) is 0 Å². The van der Waals surface area contributed by atoms with Crippen molar-refractivity contribution >= 4 is 27.3 Å². The van der Waals surface area contributed by atoms with Crippen molar-refractivity contribution in [2.75, 3.05) is 23.7 Å². The first kappa shape index (κ1) is 19.7. The average molecular weight is 398 g/mol. The largest absolute Gasteiger partial charge is 0.367 e. The lowest BCUT2D eigenvalue weighted by molar-refractivity contribution is 0.582. The average Bonchev–Trinajstić information content (AvgIpc) is 2.69. The van der Waals surface area contributed by atoms with Crippen LogP contribution < -0.4 is 15.4 Å². The highest BCUT2D eigenvalue weighted by Gasteiger charge is 2.13. The van der Waals surface area contributed by atoms with Crippen molar-refractivity contribution in [3.63, 3.8) is 0 Å². The Kier molecular flexibility index (Phi) is 6.17. The molecule has 9 heteroatoms. The molecule has 146 valence electrons. The van der Waals surface area contributed by atoms with E-state index in [2.05, 4.69) is 30.5 Å². The number of benzene rings is 1. The van der Waals surface area contributed by atoms with Crippen molar-refractivity contribution in [2.45, 2.75) is 18.7 Å². The summed E-state index contributed by atoms with van der Waals surface area (Å²) in [7, 11) is -3.54. The fourth-order valence-electron chi connectivity index (χ4n) is 2.42. The maximum Gasteiger partial charge on any atom is 0.240 e. The number of nitrogens with zero attached hydrogens (tertiary/aromatic N) is 3. The molecule has 0 unspecified atom stereocenters. The normalized spacial score (nSPS) is 11.2. The van der Waals surface area contributed by atoms with Gasteiger partial charge in [0.15, 0.2) is 5.82 Å². The van der Waals surface area contributed by atoms with E-state index in [0.717, 1.165) is 16.8 Å². The molecule has 0 bridgehead atoms. The first-order chi connectivity index (χ1) is 13.4. The highest BCUT2D eigenvalue weighted by Crippen LogP contribution is 2.15. The topological polar surface area (TPSA) is 109 Å². The van der Waals surface area contributed by atoms with Gasteiger partial charge in [-0.25, -0.2) is 13.1 Å². The molecule has 0 aliphatic heterocycles. The van der Waals surface area contributed by atoms with E-state index in [4.69, 9.17) is 0 Å². The fourth-order valence-corrected chi connectivity index (χ4v) is 3.53. The molecule has 0 radical (unpaired) electrons. The van der Waals surface area contributed by atoms with Crippen LogP contribution in [0, 0.1) is 13.8 Å². The van der Waals surface area contributed by atoms with Gasteiger partial charge < -0.3 is 10.6 Å². The second-order valence-electron chi connectivity index (χ2n) is 6.24. The van der Waals surface area contributed by atoms with E-state index in [1.54, 1.807) is 42.7 Å². The molecule has 0 atom stereocenters. The Hall–Kier alpha value is -3.04. The Bertz CT molecular complexity index is 1020. The molecule has 2 heterocycles. The van der Waals surface area contributed by atoms with E-state index in [1.807, 2.05) is 26.0 Å². The number of sulfonamides is 1. The van der Waals surface area contributed by atoms with Crippen molar-refractivity contribution in [2.24, 2.45) is 0 Å². The molecule has 0 saturated carbocycles. The third-order valence-corrected chi connectivity index (χ3v) is 5.57. The summed E-state index contributed by atoms with van der Waals surface area (Å²) in [5.41, 5.74) is 2.81. The zero-order chi connectivity index (χ0) is 20.0. The molecule has 0 aliphatic carbocycles. The number of rotatable bonds is 8. The Morgan fingerprint density at radius 1 is 0.929 bits per heavy atom. The van der Waals surface area contributed by atoms with Crippen molar-refractivity contribution in [3.8, 4) is 0 Å². The van der Waals surface area contributed by atoms with Crippen LogP contribution in [0.2, 0.25) is 0 Å². The predicted molar refractivity (Wildman–Crippen MR) is 109 cm³/mol. The van der Waals surface area contributed by atoms with Crippen molar-refractivity contribution in [3.05, 3.63) is 66.0 Å². The number of pyridine rings is 1. The summed E-state index contributed by atoms with van der Waals surface area (Å²) in [6.45, 7) is 4.45. The summed E-state index contributed by atoms with van der Waals surface area (Å²) in [4.78, 5) is 4.28. The van der Waals surface area contributed by atoms with Crippen LogP contribution in [-0.2, 0) is 10.0 Å². The number of hydrogen-bond acceptors (Lipinski definition) is 7.